The second kappa shape index (κ2) is 7.55. The van der Waals surface area contributed by atoms with Gasteiger partial charge in [-0.25, -0.2) is 4.39 Å². The maximum absolute atomic E-state index is 13.7. The fraction of sp³-hybridized carbons (Fsp3) is 0.400. The van der Waals surface area contributed by atoms with E-state index in [1.54, 1.807) is 6.07 Å². The molecule has 5 rings (SSSR count). The van der Waals surface area contributed by atoms with E-state index < -0.39 is 5.60 Å². The zero-order valence-electron chi connectivity index (χ0n) is 17.0. The number of halogens is 1. The first-order valence-corrected chi connectivity index (χ1v) is 10.9. The number of H-pyrrole nitrogens is 1. The zero-order valence-corrected chi connectivity index (χ0v) is 17.0. The van der Waals surface area contributed by atoms with Crippen LogP contribution in [0.1, 0.15) is 55.6 Å². The van der Waals surface area contributed by atoms with Crippen molar-refractivity contribution < 1.29 is 14.3 Å². The number of carbonyl (C=O) groups is 1. The van der Waals surface area contributed by atoms with Crippen LogP contribution < -0.4 is 0 Å². The summed E-state index contributed by atoms with van der Waals surface area (Å²) in [4.78, 5) is 18.6. The standard InChI is InChI=1S/C25H27FN2O2/c26-18-8-9-20-22(16-27-23(20)13-18)21(17-5-2-1-3-6-17)14-24(29)28-12-11-25(30)10-4-7-19(28)15-25/h1-3,5-6,8-9,13,16,19,21,27,30H,4,7,10-12,14-15H2. The van der Waals surface area contributed by atoms with Crippen molar-refractivity contribution in [2.45, 2.75) is 56.1 Å². The number of hydrogen-bond donors (Lipinski definition) is 2. The highest BCUT2D eigenvalue weighted by atomic mass is 19.1. The van der Waals surface area contributed by atoms with Crippen LogP contribution in [-0.4, -0.2) is 39.1 Å². The van der Waals surface area contributed by atoms with Crippen molar-refractivity contribution in [2.24, 2.45) is 0 Å². The number of aromatic nitrogens is 1. The predicted molar refractivity (Wildman–Crippen MR) is 115 cm³/mol. The first-order chi connectivity index (χ1) is 14.5. The third kappa shape index (κ3) is 3.52. The van der Waals surface area contributed by atoms with E-state index in [4.69, 9.17) is 0 Å². The number of fused-ring (bicyclic) bond motifs is 3. The molecular formula is C25H27FN2O2. The molecule has 3 aromatic rings. The van der Waals surface area contributed by atoms with Crippen molar-refractivity contribution in [1.29, 1.82) is 0 Å². The molecule has 1 aliphatic heterocycles. The minimum atomic E-state index is -0.584. The van der Waals surface area contributed by atoms with Gasteiger partial charge in [-0.15, -0.1) is 0 Å². The maximum atomic E-state index is 13.7. The fourth-order valence-electron chi connectivity index (χ4n) is 5.44. The first-order valence-electron chi connectivity index (χ1n) is 10.9. The second-order valence-electron chi connectivity index (χ2n) is 8.91. The Hall–Kier alpha value is -2.66. The predicted octanol–water partition coefficient (Wildman–Crippen LogP) is 4.74. The molecule has 1 saturated carbocycles. The number of aromatic amines is 1. The van der Waals surface area contributed by atoms with E-state index in [1.165, 1.54) is 12.1 Å². The lowest BCUT2D eigenvalue weighted by molar-refractivity contribution is -0.144. The van der Waals surface area contributed by atoms with Gasteiger partial charge < -0.3 is 15.0 Å². The Morgan fingerprint density at radius 3 is 2.90 bits per heavy atom. The van der Waals surface area contributed by atoms with Crippen LogP contribution >= 0.6 is 0 Å². The molecule has 30 heavy (non-hydrogen) atoms. The third-order valence-corrected chi connectivity index (χ3v) is 7.01. The van der Waals surface area contributed by atoms with Gasteiger partial charge in [-0.1, -0.05) is 30.3 Å². The lowest BCUT2D eigenvalue weighted by atomic mass is 9.75. The van der Waals surface area contributed by atoms with Gasteiger partial charge in [0.25, 0.3) is 0 Å². The molecule has 2 aromatic carbocycles. The molecule has 1 aromatic heterocycles. The van der Waals surface area contributed by atoms with Gasteiger partial charge in [0, 0.05) is 42.0 Å². The number of nitrogens with zero attached hydrogens (tertiary/aromatic N) is 1. The summed E-state index contributed by atoms with van der Waals surface area (Å²) < 4.78 is 13.7. The molecule has 1 aliphatic carbocycles. The number of likely N-dealkylation sites (tertiary alicyclic amines) is 1. The lowest BCUT2D eigenvalue weighted by Gasteiger charge is -2.48. The van der Waals surface area contributed by atoms with E-state index in [0.717, 1.165) is 41.3 Å². The van der Waals surface area contributed by atoms with E-state index in [-0.39, 0.29) is 23.7 Å². The van der Waals surface area contributed by atoms with Crippen LogP contribution in [0.5, 0.6) is 0 Å². The maximum Gasteiger partial charge on any atom is 0.223 e. The summed E-state index contributed by atoms with van der Waals surface area (Å²) in [5.41, 5.74) is 2.25. The normalized spacial score (nSPS) is 24.7. The number of amides is 1. The highest BCUT2D eigenvalue weighted by Gasteiger charge is 2.43. The van der Waals surface area contributed by atoms with Crippen LogP contribution in [0.25, 0.3) is 10.9 Å². The van der Waals surface area contributed by atoms with Crippen LogP contribution in [0.15, 0.2) is 54.7 Å². The second-order valence-corrected chi connectivity index (χ2v) is 8.91. The van der Waals surface area contributed by atoms with Crippen molar-refractivity contribution in [3.8, 4) is 0 Å². The Morgan fingerprint density at radius 1 is 1.23 bits per heavy atom. The number of aliphatic hydroxyl groups is 1. The largest absolute Gasteiger partial charge is 0.390 e. The molecule has 3 atom stereocenters. The number of piperidine rings is 1. The molecule has 1 saturated heterocycles. The van der Waals surface area contributed by atoms with Gasteiger partial charge in [-0.2, -0.15) is 0 Å². The summed E-state index contributed by atoms with van der Waals surface area (Å²) in [5, 5.41) is 11.6. The number of hydrogen-bond acceptors (Lipinski definition) is 2. The molecule has 1 amide bonds. The molecule has 0 radical (unpaired) electrons. The van der Waals surface area contributed by atoms with E-state index >= 15 is 0 Å². The topological polar surface area (TPSA) is 56.3 Å². The zero-order chi connectivity index (χ0) is 20.7. The summed E-state index contributed by atoms with van der Waals surface area (Å²) in [6.45, 7) is 0.626. The molecule has 2 heterocycles. The van der Waals surface area contributed by atoms with Gasteiger partial charge >= 0.3 is 0 Å². The van der Waals surface area contributed by atoms with Crippen molar-refractivity contribution in [1.82, 2.24) is 9.88 Å². The Kier molecular flexibility index (Phi) is 4.86. The summed E-state index contributed by atoms with van der Waals surface area (Å²) in [6, 6.07) is 14.9. The quantitative estimate of drug-likeness (QED) is 0.658. The first kappa shape index (κ1) is 19.3. The average molecular weight is 407 g/mol. The van der Waals surface area contributed by atoms with Crippen LogP contribution in [0.2, 0.25) is 0 Å². The van der Waals surface area contributed by atoms with E-state index in [9.17, 15) is 14.3 Å². The molecular weight excluding hydrogens is 379 g/mol. The Bertz CT molecular complexity index is 1060. The molecule has 4 nitrogen and oxygen atoms in total. The Morgan fingerprint density at radius 2 is 2.07 bits per heavy atom. The summed E-state index contributed by atoms with van der Waals surface area (Å²) in [7, 11) is 0. The van der Waals surface area contributed by atoms with Crippen LogP contribution in [-0.2, 0) is 4.79 Å². The molecule has 3 unspecified atom stereocenters. The van der Waals surface area contributed by atoms with Gasteiger partial charge in [-0.3, -0.25) is 4.79 Å². The highest BCUT2D eigenvalue weighted by Crippen LogP contribution is 2.40. The minimum Gasteiger partial charge on any atom is -0.390 e. The van der Waals surface area contributed by atoms with Crippen molar-refractivity contribution in [3.05, 3.63) is 71.7 Å². The minimum absolute atomic E-state index is 0.109. The van der Waals surface area contributed by atoms with Crippen LogP contribution in [0.3, 0.4) is 0 Å². The van der Waals surface area contributed by atoms with Crippen molar-refractivity contribution in [3.63, 3.8) is 0 Å². The van der Waals surface area contributed by atoms with Crippen LogP contribution in [0, 0.1) is 5.82 Å². The summed E-state index contributed by atoms with van der Waals surface area (Å²) in [6.07, 6.45) is 6.42. The number of nitrogens with one attached hydrogen (secondary N) is 1. The average Bonchev–Trinajstić information content (AvgIpc) is 3.15. The Balaban J connectivity index is 1.46. The Labute approximate surface area is 175 Å². The van der Waals surface area contributed by atoms with Gasteiger partial charge in [0.15, 0.2) is 0 Å². The molecule has 2 bridgehead atoms. The van der Waals surface area contributed by atoms with Crippen molar-refractivity contribution in [2.75, 3.05) is 6.54 Å². The summed E-state index contributed by atoms with van der Waals surface area (Å²) >= 11 is 0. The number of benzene rings is 2. The van der Waals surface area contributed by atoms with Gasteiger partial charge in [0.2, 0.25) is 5.91 Å². The lowest BCUT2D eigenvalue weighted by Crippen LogP contribution is -2.55. The highest BCUT2D eigenvalue weighted by molar-refractivity contribution is 5.86. The molecule has 2 fully saturated rings. The van der Waals surface area contributed by atoms with Gasteiger partial charge in [0.1, 0.15) is 5.82 Å². The van der Waals surface area contributed by atoms with E-state index in [2.05, 4.69) is 17.1 Å². The van der Waals surface area contributed by atoms with Crippen molar-refractivity contribution >= 4 is 16.8 Å². The van der Waals surface area contributed by atoms with Gasteiger partial charge in [0.05, 0.1) is 5.60 Å². The van der Waals surface area contributed by atoms with Gasteiger partial charge in [-0.05, 0) is 61.4 Å². The van der Waals surface area contributed by atoms with E-state index in [1.807, 2.05) is 29.3 Å². The number of rotatable bonds is 4. The SMILES string of the molecule is O=C(CC(c1ccccc1)c1c[nH]c2cc(F)ccc12)N1CCC2(O)CCCC1C2. The fourth-order valence-corrected chi connectivity index (χ4v) is 5.44. The smallest absolute Gasteiger partial charge is 0.223 e. The van der Waals surface area contributed by atoms with Crippen LogP contribution in [0.4, 0.5) is 4.39 Å². The van der Waals surface area contributed by atoms with E-state index in [0.29, 0.717) is 25.8 Å². The number of carbonyl (C=O) groups excluding carboxylic acids is 1. The third-order valence-electron chi connectivity index (χ3n) is 7.01. The summed E-state index contributed by atoms with van der Waals surface area (Å²) in [5.74, 6) is -0.252. The molecule has 2 aliphatic rings. The molecule has 156 valence electrons. The molecule has 2 N–H and O–H groups in total. The monoisotopic (exact) mass is 406 g/mol. The molecule has 5 heteroatoms. The molecule has 0 spiro atoms.